The van der Waals surface area contributed by atoms with Crippen LogP contribution in [0, 0.1) is 0 Å². The van der Waals surface area contributed by atoms with Crippen molar-refractivity contribution in [1.82, 2.24) is 9.59 Å². The second-order valence-electron chi connectivity index (χ2n) is 7.11. The molecule has 2 atom stereocenters. The van der Waals surface area contributed by atoms with Crippen LogP contribution in [0.15, 0.2) is 48.7 Å². The molecule has 1 aliphatic rings. The van der Waals surface area contributed by atoms with Gasteiger partial charge in [-0.05, 0) is 66.3 Å². The zero-order chi connectivity index (χ0) is 20.5. The first-order valence-electron chi connectivity index (χ1n) is 9.25. The smallest absolute Gasteiger partial charge is 0.335 e. The van der Waals surface area contributed by atoms with Crippen LogP contribution >= 0.6 is 11.5 Å². The maximum atomic E-state index is 12.2. The Morgan fingerprint density at radius 2 is 1.97 bits per heavy atom. The van der Waals surface area contributed by atoms with Crippen molar-refractivity contribution in [2.75, 3.05) is 10.2 Å². The molecule has 148 valence electrons. The van der Waals surface area contributed by atoms with Gasteiger partial charge in [0.05, 0.1) is 22.7 Å². The number of amides is 1. The second-order valence-corrected chi connectivity index (χ2v) is 7.89. The SMILES string of the molecule is CC(=O)N1c2ccc(C(=O)O)cc2[C@H](Nc2ccc(-c3cnns3)cc2)C[C@@H]1C. The van der Waals surface area contributed by atoms with Gasteiger partial charge in [0.1, 0.15) is 0 Å². The molecule has 0 unspecified atom stereocenters. The molecule has 0 radical (unpaired) electrons. The number of hydrogen-bond acceptors (Lipinski definition) is 6. The van der Waals surface area contributed by atoms with Gasteiger partial charge < -0.3 is 15.3 Å². The highest BCUT2D eigenvalue weighted by Crippen LogP contribution is 2.39. The highest BCUT2D eigenvalue weighted by Gasteiger charge is 2.33. The van der Waals surface area contributed by atoms with E-state index in [-0.39, 0.29) is 23.6 Å². The topological polar surface area (TPSA) is 95.4 Å². The second kappa shape index (κ2) is 7.63. The van der Waals surface area contributed by atoms with Crippen LogP contribution in [-0.2, 0) is 4.79 Å². The van der Waals surface area contributed by atoms with Crippen molar-refractivity contribution in [1.29, 1.82) is 0 Å². The van der Waals surface area contributed by atoms with E-state index in [4.69, 9.17) is 0 Å². The van der Waals surface area contributed by atoms with Gasteiger partial charge in [0, 0.05) is 24.3 Å². The number of carbonyl (C=O) groups is 2. The Kier molecular flexibility index (Phi) is 5.02. The van der Waals surface area contributed by atoms with Crippen molar-refractivity contribution in [2.24, 2.45) is 0 Å². The summed E-state index contributed by atoms with van der Waals surface area (Å²) in [5.41, 5.74) is 3.74. The van der Waals surface area contributed by atoms with Crippen LogP contribution in [0.1, 0.15) is 42.2 Å². The molecule has 0 bridgehead atoms. The van der Waals surface area contributed by atoms with Crippen molar-refractivity contribution in [2.45, 2.75) is 32.4 Å². The van der Waals surface area contributed by atoms with Crippen LogP contribution < -0.4 is 10.2 Å². The summed E-state index contributed by atoms with van der Waals surface area (Å²) < 4.78 is 3.89. The first-order chi connectivity index (χ1) is 13.9. The third-order valence-corrected chi connectivity index (χ3v) is 5.85. The largest absolute Gasteiger partial charge is 0.478 e. The fourth-order valence-corrected chi connectivity index (χ4v) is 4.36. The predicted octanol–water partition coefficient (Wildman–Crippen LogP) is 4.20. The molecule has 0 spiro atoms. The molecule has 3 aromatic rings. The molecular formula is C21H20N4O3S. The fourth-order valence-electron chi connectivity index (χ4n) is 3.84. The summed E-state index contributed by atoms with van der Waals surface area (Å²) in [6.07, 6.45) is 2.41. The van der Waals surface area contributed by atoms with Crippen molar-refractivity contribution in [3.8, 4) is 10.4 Å². The Hall–Kier alpha value is -3.26. The minimum absolute atomic E-state index is 0.00396. The summed E-state index contributed by atoms with van der Waals surface area (Å²) in [5.74, 6) is -1.04. The average molecular weight is 408 g/mol. The van der Waals surface area contributed by atoms with Crippen molar-refractivity contribution >= 4 is 34.8 Å². The molecule has 29 heavy (non-hydrogen) atoms. The third kappa shape index (κ3) is 3.71. The van der Waals surface area contributed by atoms with E-state index in [0.717, 1.165) is 27.4 Å². The van der Waals surface area contributed by atoms with E-state index in [0.29, 0.717) is 6.42 Å². The van der Waals surface area contributed by atoms with Gasteiger partial charge in [-0.25, -0.2) is 4.79 Å². The molecule has 0 fully saturated rings. The van der Waals surface area contributed by atoms with Crippen LogP contribution in [0.4, 0.5) is 11.4 Å². The number of fused-ring (bicyclic) bond motifs is 1. The number of rotatable bonds is 4. The van der Waals surface area contributed by atoms with Crippen LogP contribution in [0.25, 0.3) is 10.4 Å². The summed E-state index contributed by atoms with van der Waals surface area (Å²) >= 11 is 1.34. The summed E-state index contributed by atoms with van der Waals surface area (Å²) in [5, 5.41) is 16.8. The summed E-state index contributed by atoms with van der Waals surface area (Å²) in [7, 11) is 0. The lowest BCUT2D eigenvalue weighted by molar-refractivity contribution is -0.117. The number of hydrogen-bond donors (Lipinski definition) is 2. The minimum atomic E-state index is -0.984. The maximum Gasteiger partial charge on any atom is 0.335 e. The summed E-state index contributed by atoms with van der Waals surface area (Å²) in [6.45, 7) is 3.54. The van der Waals surface area contributed by atoms with Gasteiger partial charge in [-0.1, -0.05) is 16.6 Å². The first kappa shape index (κ1) is 19.1. The molecule has 0 saturated heterocycles. The normalized spacial score (nSPS) is 18.2. The number of carboxylic acids is 1. The van der Waals surface area contributed by atoms with E-state index in [9.17, 15) is 14.7 Å². The zero-order valence-electron chi connectivity index (χ0n) is 16.0. The Balaban J connectivity index is 1.66. The third-order valence-electron chi connectivity index (χ3n) is 5.14. The standard InChI is InChI=1S/C21H20N4O3S/c1-12-9-18(23-16-6-3-14(4-7-16)20-11-22-24-29-20)17-10-15(21(27)28)5-8-19(17)25(12)13(2)26/h3-8,10-12,18,23H,9H2,1-2H3,(H,27,28)/t12-,18+/m0/s1. The van der Waals surface area contributed by atoms with Crippen LogP contribution in [-0.4, -0.2) is 32.6 Å². The fraction of sp³-hybridized carbons (Fsp3) is 0.238. The Labute approximate surface area is 172 Å². The summed E-state index contributed by atoms with van der Waals surface area (Å²) in [4.78, 5) is 26.4. The van der Waals surface area contributed by atoms with E-state index in [1.165, 1.54) is 18.5 Å². The molecule has 2 aromatic carbocycles. The van der Waals surface area contributed by atoms with Gasteiger partial charge in [0.15, 0.2) is 0 Å². The average Bonchev–Trinajstić information content (AvgIpc) is 3.22. The molecule has 2 N–H and O–H groups in total. The molecule has 4 rings (SSSR count). The van der Waals surface area contributed by atoms with Gasteiger partial charge in [0.25, 0.3) is 0 Å². The predicted molar refractivity (Wildman–Crippen MR) is 112 cm³/mol. The monoisotopic (exact) mass is 408 g/mol. The molecule has 8 heteroatoms. The highest BCUT2D eigenvalue weighted by atomic mass is 32.1. The lowest BCUT2D eigenvalue weighted by Gasteiger charge is -2.39. The maximum absolute atomic E-state index is 12.2. The number of nitrogens with one attached hydrogen (secondary N) is 1. The number of nitrogens with zero attached hydrogens (tertiary/aromatic N) is 3. The van der Waals surface area contributed by atoms with Gasteiger partial charge >= 0.3 is 5.97 Å². The van der Waals surface area contributed by atoms with Crippen LogP contribution in [0.3, 0.4) is 0 Å². The molecular weight excluding hydrogens is 388 g/mol. The molecule has 7 nitrogen and oxygen atoms in total. The van der Waals surface area contributed by atoms with Gasteiger partial charge in [-0.2, -0.15) is 0 Å². The highest BCUT2D eigenvalue weighted by molar-refractivity contribution is 7.09. The minimum Gasteiger partial charge on any atom is -0.478 e. The van der Waals surface area contributed by atoms with E-state index in [2.05, 4.69) is 14.9 Å². The van der Waals surface area contributed by atoms with Crippen LogP contribution in [0.5, 0.6) is 0 Å². The van der Waals surface area contributed by atoms with E-state index in [1.54, 1.807) is 29.3 Å². The zero-order valence-corrected chi connectivity index (χ0v) is 16.8. The van der Waals surface area contributed by atoms with Crippen molar-refractivity contribution in [3.05, 3.63) is 59.8 Å². The van der Waals surface area contributed by atoms with E-state index < -0.39 is 5.97 Å². The molecule has 1 amide bonds. The van der Waals surface area contributed by atoms with Crippen molar-refractivity contribution in [3.63, 3.8) is 0 Å². The van der Waals surface area contributed by atoms with E-state index >= 15 is 0 Å². The Bertz CT molecular complexity index is 1050. The number of anilines is 2. The quantitative estimate of drug-likeness (QED) is 0.672. The molecule has 2 heterocycles. The van der Waals surface area contributed by atoms with Crippen molar-refractivity contribution < 1.29 is 14.7 Å². The Morgan fingerprint density at radius 1 is 1.21 bits per heavy atom. The van der Waals surface area contributed by atoms with Gasteiger partial charge in [-0.15, -0.1) is 5.10 Å². The lowest BCUT2D eigenvalue weighted by atomic mass is 9.90. The molecule has 0 aliphatic carbocycles. The van der Waals surface area contributed by atoms with Gasteiger partial charge in [-0.3, -0.25) is 4.79 Å². The molecule has 1 aliphatic heterocycles. The number of carbonyl (C=O) groups excluding carboxylic acids is 1. The number of aromatic carboxylic acids is 1. The lowest BCUT2D eigenvalue weighted by Crippen LogP contribution is -2.43. The first-order valence-corrected chi connectivity index (χ1v) is 10.0. The number of carboxylic acid groups (broad SMARTS) is 1. The van der Waals surface area contributed by atoms with Crippen LogP contribution in [0.2, 0.25) is 0 Å². The number of aromatic nitrogens is 2. The molecule has 0 saturated carbocycles. The summed E-state index contributed by atoms with van der Waals surface area (Å²) in [6, 6.07) is 12.8. The van der Waals surface area contributed by atoms with Gasteiger partial charge in [0.2, 0.25) is 5.91 Å². The Morgan fingerprint density at radius 3 is 2.59 bits per heavy atom. The molecule has 1 aromatic heterocycles. The number of benzene rings is 2. The van der Waals surface area contributed by atoms with E-state index in [1.807, 2.05) is 31.2 Å².